The molecule has 1 rings (SSSR count). The van der Waals surface area contributed by atoms with Crippen LogP contribution in [0, 0.1) is 0 Å². The minimum Gasteiger partial charge on any atom is -0.398 e. The number of hydrogen-bond acceptors (Lipinski definition) is 3. The SMILES string of the molecule is CCN(CCC(=O)NC(C)C)Cc1ccccc1N. The van der Waals surface area contributed by atoms with Crippen molar-refractivity contribution in [2.45, 2.75) is 39.8 Å². The minimum absolute atomic E-state index is 0.106. The van der Waals surface area contributed by atoms with Gasteiger partial charge < -0.3 is 11.1 Å². The fourth-order valence-electron chi connectivity index (χ4n) is 1.92. The van der Waals surface area contributed by atoms with E-state index in [1.807, 2.05) is 38.1 Å². The molecule has 3 N–H and O–H groups in total. The molecule has 19 heavy (non-hydrogen) atoms. The number of rotatable bonds is 7. The van der Waals surface area contributed by atoms with Gasteiger partial charge in [0.15, 0.2) is 0 Å². The van der Waals surface area contributed by atoms with Crippen molar-refractivity contribution in [3.8, 4) is 0 Å². The molecule has 0 fully saturated rings. The predicted molar refractivity (Wildman–Crippen MR) is 79.7 cm³/mol. The Balaban J connectivity index is 2.46. The monoisotopic (exact) mass is 263 g/mol. The van der Waals surface area contributed by atoms with Gasteiger partial charge in [-0.2, -0.15) is 0 Å². The standard InChI is InChI=1S/C15H25N3O/c1-4-18(10-9-15(19)17-12(2)3)11-13-7-5-6-8-14(13)16/h5-8,12H,4,9-11,16H2,1-3H3,(H,17,19). The van der Waals surface area contributed by atoms with Gasteiger partial charge in [0.05, 0.1) is 0 Å². The van der Waals surface area contributed by atoms with Crippen LogP contribution < -0.4 is 11.1 Å². The second kappa shape index (κ2) is 7.79. The lowest BCUT2D eigenvalue weighted by molar-refractivity contribution is -0.121. The van der Waals surface area contributed by atoms with Crippen LogP contribution in [0.1, 0.15) is 32.8 Å². The van der Waals surface area contributed by atoms with Crippen molar-refractivity contribution in [3.05, 3.63) is 29.8 Å². The van der Waals surface area contributed by atoms with Gasteiger partial charge in [0.2, 0.25) is 5.91 Å². The van der Waals surface area contributed by atoms with E-state index in [0.29, 0.717) is 6.42 Å². The molecule has 0 bridgehead atoms. The van der Waals surface area contributed by atoms with Crippen LogP contribution in [0.5, 0.6) is 0 Å². The van der Waals surface area contributed by atoms with Crippen molar-refractivity contribution >= 4 is 11.6 Å². The molecule has 1 amide bonds. The first-order valence-electron chi connectivity index (χ1n) is 6.88. The molecule has 1 aromatic rings. The predicted octanol–water partition coefficient (Wildman–Crippen LogP) is 2.01. The Kier molecular flexibility index (Phi) is 6.36. The van der Waals surface area contributed by atoms with Crippen LogP contribution in [0.3, 0.4) is 0 Å². The summed E-state index contributed by atoms with van der Waals surface area (Å²) in [7, 11) is 0. The number of para-hydroxylation sites is 1. The molecule has 1 aromatic carbocycles. The average Bonchev–Trinajstić information content (AvgIpc) is 2.35. The van der Waals surface area contributed by atoms with Gasteiger partial charge >= 0.3 is 0 Å². The Morgan fingerprint density at radius 3 is 2.63 bits per heavy atom. The van der Waals surface area contributed by atoms with E-state index in [-0.39, 0.29) is 11.9 Å². The molecule has 0 aliphatic carbocycles. The highest BCUT2D eigenvalue weighted by Gasteiger charge is 2.09. The van der Waals surface area contributed by atoms with Crippen molar-refractivity contribution in [2.75, 3.05) is 18.8 Å². The van der Waals surface area contributed by atoms with Gasteiger partial charge in [-0.15, -0.1) is 0 Å². The van der Waals surface area contributed by atoms with Crippen molar-refractivity contribution < 1.29 is 4.79 Å². The molecule has 0 aliphatic heterocycles. The third-order valence-corrected chi connectivity index (χ3v) is 3.00. The lowest BCUT2D eigenvalue weighted by Crippen LogP contribution is -2.34. The maximum Gasteiger partial charge on any atom is 0.221 e. The number of nitrogens with two attached hydrogens (primary N) is 1. The highest BCUT2D eigenvalue weighted by atomic mass is 16.1. The first kappa shape index (κ1) is 15.5. The largest absolute Gasteiger partial charge is 0.398 e. The number of benzene rings is 1. The fourth-order valence-corrected chi connectivity index (χ4v) is 1.92. The van der Waals surface area contributed by atoms with Crippen LogP contribution in [-0.2, 0) is 11.3 Å². The third kappa shape index (κ3) is 5.75. The molecule has 0 saturated carbocycles. The molecular formula is C15H25N3O. The zero-order valence-corrected chi connectivity index (χ0v) is 12.1. The summed E-state index contributed by atoms with van der Waals surface area (Å²) in [6, 6.07) is 8.07. The highest BCUT2D eigenvalue weighted by Crippen LogP contribution is 2.13. The normalized spacial score (nSPS) is 11.0. The Hall–Kier alpha value is -1.55. The summed E-state index contributed by atoms with van der Waals surface area (Å²) in [6.45, 7) is 8.49. The van der Waals surface area contributed by atoms with Crippen LogP contribution in [0.2, 0.25) is 0 Å². The van der Waals surface area contributed by atoms with E-state index in [4.69, 9.17) is 5.73 Å². The number of amides is 1. The van der Waals surface area contributed by atoms with Crippen LogP contribution in [0.4, 0.5) is 5.69 Å². The topological polar surface area (TPSA) is 58.4 Å². The fraction of sp³-hybridized carbons (Fsp3) is 0.533. The summed E-state index contributed by atoms with van der Waals surface area (Å²) in [5.74, 6) is 0.106. The number of hydrogen-bond donors (Lipinski definition) is 2. The molecule has 4 heteroatoms. The van der Waals surface area contributed by atoms with Gasteiger partial charge in [0.25, 0.3) is 0 Å². The van der Waals surface area contributed by atoms with Crippen molar-refractivity contribution in [1.29, 1.82) is 0 Å². The zero-order valence-electron chi connectivity index (χ0n) is 12.1. The van der Waals surface area contributed by atoms with Crippen LogP contribution >= 0.6 is 0 Å². The number of carbonyl (C=O) groups is 1. The second-order valence-corrected chi connectivity index (χ2v) is 5.04. The molecule has 0 unspecified atom stereocenters. The van der Waals surface area contributed by atoms with E-state index in [1.54, 1.807) is 0 Å². The number of nitrogen functional groups attached to an aromatic ring is 1. The molecule has 106 valence electrons. The molecule has 0 aliphatic rings. The van der Waals surface area contributed by atoms with E-state index in [9.17, 15) is 4.79 Å². The average molecular weight is 263 g/mol. The summed E-state index contributed by atoms with van der Waals surface area (Å²) in [5.41, 5.74) is 7.87. The third-order valence-electron chi connectivity index (χ3n) is 3.00. The van der Waals surface area contributed by atoms with Crippen molar-refractivity contribution in [1.82, 2.24) is 10.2 Å². The second-order valence-electron chi connectivity index (χ2n) is 5.04. The molecule has 4 nitrogen and oxygen atoms in total. The van der Waals surface area contributed by atoms with E-state index >= 15 is 0 Å². The Bertz CT molecular complexity index is 404. The first-order chi connectivity index (χ1) is 9.02. The van der Waals surface area contributed by atoms with E-state index in [0.717, 1.165) is 30.9 Å². The maximum absolute atomic E-state index is 11.6. The number of carbonyl (C=O) groups excluding carboxylic acids is 1. The smallest absolute Gasteiger partial charge is 0.221 e. The quantitative estimate of drug-likeness (QED) is 0.740. The van der Waals surface area contributed by atoms with Crippen LogP contribution in [0.15, 0.2) is 24.3 Å². The molecule has 0 atom stereocenters. The van der Waals surface area contributed by atoms with Gasteiger partial charge in [-0.25, -0.2) is 0 Å². The summed E-state index contributed by atoms with van der Waals surface area (Å²) >= 11 is 0. The first-order valence-corrected chi connectivity index (χ1v) is 6.88. The summed E-state index contributed by atoms with van der Waals surface area (Å²) < 4.78 is 0. The molecule has 0 radical (unpaired) electrons. The van der Waals surface area contributed by atoms with E-state index in [1.165, 1.54) is 0 Å². The molecule has 0 heterocycles. The van der Waals surface area contributed by atoms with Crippen molar-refractivity contribution in [2.24, 2.45) is 0 Å². The Labute approximate surface area is 116 Å². The Morgan fingerprint density at radius 1 is 1.37 bits per heavy atom. The summed E-state index contributed by atoms with van der Waals surface area (Å²) in [4.78, 5) is 13.9. The lowest BCUT2D eigenvalue weighted by Gasteiger charge is -2.21. The minimum atomic E-state index is 0.106. The summed E-state index contributed by atoms with van der Waals surface area (Å²) in [6.07, 6.45) is 0.527. The van der Waals surface area contributed by atoms with E-state index < -0.39 is 0 Å². The zero-order chi connectivity index (χ0) is 14.3. The number of anilines is 1. The highest BCUT2D eigenvalue weighted by molar-refractivity contribution is 5.76. The molecule has 0 aromatic heterocycles. The van der Waals surface area contributed by atoms with Gasteiger partial charge in [-0.05, 0) is 32.0 Å². The van der Waals surface area contributed by atoms with Gasteiger partial charge in [-0.1, -0.05) is 25.1 Å². The van der Waals surface area contributed by atoms with E-state index in [2.05, 4.69) is 17.1 Å². The lowest BCUT2D eigenvalue weighted by atomic mass is 10.1. The van der Waals surface area contributed by atoms with Crippen LogP contribution in [-0.4, -0.2) is 29.9 Å². The molecule has 0 spiro atoms. The maximum atomic E-state index is 11.6. The van der Waals surface area contributed by atoms with Crippen LogP contribution in [0.25, 0.3) is 0 Å². The van der Waals surface area contributed by atoms with Crippen molar-refractivity contribution in [3.63, 3.8) is 0 Å². The summed E-state index contributed by atoms with van der Waals surface area (Å²) in [5, 5.41) is 2.91. The Morgan fingerprint density at radius 2 is 2.05 bits per heavy atom. The number of nitrogens with zero attached hydrogens (tertiary/aromatic N) is 1. The van der Waals surface area contributed by atoms with Gasteiger partial charge in [-0.3, -0.25) is 9.69 Å². The number of nitrogens with one attached hydrogen (secondary N) is 1. The van der Waals surface area contributed by atoms with Gasteiger partial charge in [0, 0.05) is 31.2 Å². The molecule has 0 saturated heterocycles. The molecular weight excluding hydrogens is 238 g/mol. The van der Waals surface area contributed by atoms with Gasteiger partial charge in [0.1, 0.15) is 0 Å².